The van der Waals surface area contributed by atoms with Crippen LogP contribution in [0, 0.1) is 0 Å². The maximum Gasteiger partial charge on any atom is 0.326 e. The quantitative estimate of drug-likeness (QED) is 0.216. The number of carbonyl (C=O) groups excluding carboxylic acids is 3. The Bertz CT molecular complexity index is 862. The average Bonchev–Trinajstić information content (AvgIpc) is 3.29. The molecule has 0 bridgehead atoms. The fraction of sp³-hybridized carbons (Fsp3) is 0.565. The summed E-state index contributed by atoms with van der Waals surface area (Å²) in [6, 6.07) is 2.45. The molecule has 0 spiro atoms. The molecule has 0 saturated carbocycles. The van der Waals surface area contributed by atoms with E-state index in [2.05, 4.69) is 10.6 Å². The number of nitrogens with two attached hydrogens (primary N) is 2. The van der Waals surface area contributed by atoms with Crippen LogP contribution in [0.2, 0.25) is 0 Å². The van der Waals surface area contributed by atoms with E-state index in [0.29, 0.717) is 44.3 Å². The van der Waals surface area contributed by atoms with Gasteiger partial charge in [0.05, 0.1) is 6.04 Å². The summed E-state index contributed by atoms with van der Waals surface area (Å²) in [4.78, 5) is 51.1. The molecule has 0 aliphatic carbocycles. The minimum atomic E-state index is -1.08. The minimum absolute atomic E-state index is 0.0635. The third kappa shape index (κ3) is 7.70. The Morgan fingerprint density at radius 2 is 1.79 bits per heavy atom. The van der Waals surface area contributed by atoms with Crippen LogP contribution in [-0.4, -0.2) is 76.1 Å². The molecule has 4 unspecified atom stereocenters. The van der Waals surface area contributed by atoms with Gasteiger partial charge in [0.15, 0.2) is 0 Å². The summed E-state index contributed by atoms with van der Waals surface area (Å²) < 4.78 is 0. The molecule has 1 aromatic rings. The van der Waals surface area contributed by atoms with Gasteiger partial charge in [-0.3, -0.25) is 14.4 Å². The van der Waals surface area contributed by atoms with E-state index in [0.717, 1.165) is 6.42 Å². The van der Waals surface area contributed by atoms with E-state index in [9.17, 15) is 29.4 Å². The molecule has 11 nitrogen and oxygen atoms in total. The Labute approximate surface area is 198 Å². The number of likely N-dealkylation sites (tertiary alicyclic amines) is 1. The highest BCUT2D eigenvalue weighted by Crippen LogP contribution is 2.18. The number of carbonyl (C=O) groups is 4. The first-order valence-electron chi connectivity index (χ1n) is 11.5. The van der Waals surface area contributed by atoms with Crippen LogP contribution in [-0.2, 0) is 25.6 Å². The zero-order chi connectivity index (χ0) is 25.3. The van der Waals surface area contributed by atoms with E-state index < -0.39 is 47.9 Å². The van der Waals surface area contributed by atoms with Gasteiger partial charge in [0.2, 0.25) is 17.7 Å². The molecule has 1 aliphatic rings. The lowest BCUT2D eigenvalue weighted by Gasteiger charge is -2.27. The summed E-state index contributed by atoms with van der Waals surface area (Å²) in [7, 11) is 0. The number of carboxylic acid groups (broad SMARTS) is 1. The average molecular weight is 478 g/mol. The molecule has 1 aliphatic heterocycles. The zero-order valence-electron chi connectivity index (χ0n) is 19.4. The normalized spacial score (nSPS) is 18.1. The second kappa shape index (κ2) is 12.9. The van der Waals surface area contributed by atoms with Crippen LogP contribution in [0.5, 0.6) is 5.75 Å². The smallest absolute Gasteiger partial charge is 0.326 e. The number of aliphatic carboxylic acids is 1. The summed E-state index contributed by atoms with van der Waals surface area (Å²) in [5.74, 6) is -2.60. The SMILES string of the molecule is CC(NC(=O)C(Cc1ccc(O)cc1)NC(=O)C(N)CCCCN)C(=O)N1CCCC1C(=O)O. The van der Waals surface area contributed by atoms with Gasteiger partial charge in [-0.25, -0.2) is 4.79 Å². The fourth-order valence-corrected chi connectivity index (χ4v) is 3.91. The van der Waals surface area contributed by atoms with Crippen molar-refractivity contribution in [1.29, 1.82) is 0 Å². The Morgan fingerprint density at radius 3 is 2.41 bits per heavy atom. The third-order valence-electron chi connectivity index (χ3n) is 5.87. The first kappa shape index (κ1) is 27.1. The van der Waals surface area contributed by atoms with Crippen LogP contribution in [0.25, 0.3) is 0 Å². The van der Waals surface area contributed by atoms with Crippen molar-refractivity contribution in [3.63, 3.8) is 0 Å². The van der Waals surface area contributed by atoms with Crippen LogP contribution in [0.4, 0.5) is 0 Å². The van der Waals surface area contributed by atoms with Gasteiger partial charge in [-0.05, 0) is 56.8 Å². The molecule has 1 aromatic carbocycles. The molecule has 1 fully saturated rings. The molecule has 0 radical (unpaired) electrons. The number of nitrogens with one attached hydrogen (secondary N) is 2. The first-order chi connectivity index (χ1) is 16.1. The fourth-order valence-electron chi connectivity index (χ4n) is 3.91. The number of phenols is 1. The molecule has 2 rings (SSSR count). The Morgan fingerprint density at radius 1 is 1.12 bits per heavy atom. The molecule has 1 saturated heterocycles. The zero-order valence-corrected chi connectivity index (χ0v) is 19.4. The van der Waals surface area contributed by atoms with Gasteiger partial charge in [-0.2, -0.15) is 0 Å². The van der Waals surface area contributed by atoms with Gasteiger partial charge in [-0.1, -0.05) is 18.6 Å². The van der Waals surface area contributed by atoms with E-state index in [-0.39, 0.29) is 12.2 Å². The van der Waals surface area contributed by atoms with Crippen molar-refractivity contribution in [3.05, 3.63) is 29.8 Å². The first-order valence-corrected chi connectivity index (χ1v) is 11.5. The number of amides is 3. The van der Waals surface area contributed by atoms with Crippen molar-refractivity contribution in [1.82, 2.24) is 15.5 Å². The summed E-state index contributed by atoms with van der Waals surface area (Å²) in [5.41, 5.74) is 12.1. The van der Waals surface area contributed by atoms with Gasteiger partial charge < -0.3 is 37.2 Å². The predicted molar refractivity (Wildman–Crippen MR) is 125 cm³/mol. The summed E-state index contributed by atoms with van der Waals surface area (Å²) in [6.45, 7) is 2.28. The molecule has 34 heavy (non-hydrogen) atoms. The van der Waals surface area contributed by atoms with Crippen LogP contribution in [0.3, 0.4) is 0 Å². The van der Waals surface area contributed by atoms with Crippen molar-refractivity contribution < 1.29 is 29.4 Å². The van der Waals surface area contributed by atoms with Crippen LogP contribution < -0.4 is 22.1 Å². The van der Waals surface area contributed by atoms with Gasteiger partial charge >= 0.3 is 5.97 Å². The Kier molecular flexibility index (Phi) is 10.3. The summed E-state index contributed by atoms with van der Waals surface area (Å²) in [6.07, 6.45) is 2.86. The molecule has 1 heterocycles. The number of rotatable bonds is 12. The molecule has 11 heteroatoms. The van der Waals surface area contributed by atoms with Crippen molar-refractivity contribution in [2.24, 2.45) is 11.5 Å². The largest absolute Gasteiger partial charge is 0.508 e. The molecular weight excluding hydrogens is 442 g/mol. The lowest BCUT2D eigenvalue weighted by molar-refractivity contribution is -0.149. The highest BCUT2D eigenvalue weighted by atomic mass is 16.4. The van der Waals surface area contributed by atoms with Gasteiger partial charge in [0, 0.05) is 13.0 Å². The number of hydrogen-bond acceptors (Lipinski definition) is 7. The number of carboxylic acids is 1. The van der Waals surface area contributed by atoms with E-state index in [1.165, 1.54) is 24.0 Å². The Hall–Kier alpha value is -3.18. The maximum absolute atomic E-state index is 13.1. The van der Waals surface area contributed by atoms with E-state index >= 15 is 0 Å². The molecule has 188 valence electrons. The van der Waals surface area contributed by atoms with Gasteiger partial charge in [-0.15, -0.1) is 0 Å². The van der Waals surface area contributed by atoms with E-state index in [4.69, 9.17) is 11.5 Å². The van der Waals surface area contributed by atoms with Crippen molar-refractivity contribution in [2.45, 2.75) is 69.6 Å². The molecule has 0 aromatic heterocycles. The summed E-state index contributed by atoms with van der Waals surface area (Å²) >= 11 is 0. The Balaban J connectivity index is 2.09. The van der Waals surface area contributed by atoms with E-state index in [1.54, 1.807) is 12.1 Å². The molecule has 8 N–H and O–H groups in total. The van der Waals surface area contributed by atoms with Crippen LogP contribution >= 0.6 is 0 Å². The van der Waals surface area contributed by atoms with Gasteiger partial charge in [0.25, 0.3) is 0 Å². The van der Waals surface area contributed by atoms with E-state index in [1.807, 2.05) is 0 Å². The predicted octanol–water partition coefficient (Wildman–Crippen LogP) is -0.544. The number of benzene rings is 1. The maximum atomic E-state index is 13.1. The number of aromatic hydroxyl groups is 1. The lowest BCUT2D eigenvalue weighted by atomic mass is 10.0. The van der Waals surface area contributed by atoms with Crippen LogP contribution in [0.1, 0.15) is 44.6 Å². The monoisotopic (exact) mass is 477 g/mol. The molecular formula is C23H35N5O6. The highest BCUT2D eigenvalue weighted by Gasteiger charge is 2.37. The minimum Gasteiger partial charge on any atom is -0.508 e. The van der Waals surface area contributed by atoms with Crippen molar-refractivity contribution in [3.8, 4) is 5.75 Å². The van der Waals surface area contributed by atoms with Crippen LogP contribution in [0.15, 0.2) is 24.3 Å². The molecule has 3 amide bonds. The summed E-state index contributed by atoms with van der Waals surface area (Å²) in [5, 5.41) is 24.1. The second-order valence-electron chi connectivity index (χ2n) is 8.58. The molecule has 4 atom stereocenters. The number of hydrogen-bond donors (Lipinski definition) is 6. The standard InChI is InChI=1S/C23H35N5O6/c1-14(22(32)28-12-4-6-19(28)23(33)34)26-21(31)18(13-15-7-9-16(29)10-8-15)27-20(30)17(25)5-2-3-11-24/h7-10,14,17-19,29H,2-6,11-13,24-25H2,1H3,(H,26,31)(H,27,30)(H,33,34). The lowest BCUT2D eigenvalue weighted by Crippen LogP contribution is -2.56. The second-order valence-corrected chi connectivity index (χ2v) is 8.58. The van der Waals surface area contributed by atoms with Gasteiger partial charge in [0.1, 0.15) is 23.9 Å². The highest BCUT2D eigenvalue weighted by molar-refractivity contribution is 5.94. The number of unbranched alkanes of at least 4 members (excludes halogenated alkanes) is 1. The number of nitrogens with zero attached hydrogens (tertiary/aromatic N) is 1. The third-order valence-corrected chi connectivity index (χ3v) is 5.87. The van der Waals surface area contributed by atoms with Crippen molar-refractivity contribution in [2.75, 3.05) is 13.1 Å². The number of phenolic OH excluding ortho intramolecular Hbond substituents is 1. The van der Waals surface area contributed by atoms with Crippen molar-refractivity contribution >= 4 is 23.7 Å². The topological polar surface area (TPSA) is 188 Å².